The van der Waals surface area contributed by atoms with Crippen LogP contribution in [0.15, 0.2) is 42.6 Å². The van der Waals surface area contributed by atoms with Crippen LogP contribution in [0.25, 0.3) is 0 Å². The van der Waals surface area contributed by atoms with E-state index >= 15 is 0 Å². The SMILES string of the molecule is O=C(NC1CCN(CC2(c3ccccc3)CCCC2)CC1)c1ccn[nH]1. The number of hydrogen-bond acceptors (Lipinski definition) is 3. The molecule has 0 spiro atoms. The summed E-state index contributed by atoms with van der Waals surface area (Å²) in [6, 6.07) is 13.1. The lowest BCUT2D eigenvalue weighted by Gasteiger charge is -2.39. The van der Waals surface area contributed by atoms with Gasteiger partial charge in [0.05, 0.1) is 0 Å². The summed E-state index contributed by atoms with van der Waals surface area (Å²) in [5.74, 6) is -0.0440. The molecule has 1 amide bonds. The van der Waals surface area contributed by atoms with Crippen molar-refractivity contribution in [3.05, 3.63) is 53.9 Å². The summed E-state index contributed by atoms with van der Waals surface area (Å²) < 4.78 is 0. The molecule has 1 aliphatic carbocycles. The van der Waals surface area contributed by atoms with E-state index in [2.05, 4.69) is 50.7 Å². The summed E-state index contributed by atoms with van der Waals surface area (Å²) in [5.41, 5.74) is 2.38. The average molecular weight is 352 g/mol. The van der Waals surface area contributed by atoms with Crippen LogP contribution in [0.3, 0.4) is 0 Å². The predicted octanol–water partition coefficient (Wildman–Crippen LogP) is 3.12. The molecule has 138 valence electrons. The quantitative estimate of drug-likeness (QED) is 0.869. The smallest absolute Gasteiger partial charge is 0.269 e. The maximum absolute atomic E-state index is 12.2. The predicted molar refractivity (Wildman–Crippen MR) is 102 cm³/mol. The number of hydrogen-bond donors (Lipinski definition) is 2. The second-order valence-corrected chi connectivity index (χ2v) is 7.85. The minimum atomic E-state index is -0.0440. The molecule has 2 heterocycles. The number of H-pyrrole nitrogens is 1. The Bertz CT molecular complexity index is 699. The van der Waals surface area contributed by atoms with Crippen molar-refractivity contribution in [3.63, 3.8) is 0 Å². The first-order chi connectivity index (χ1) is 12.8. The Hall–Kier alpha value is -2.14. The van der Waals surface area contributed by atoms with Gasteiger partial charge in [0, 0.05) is 37.3 Å². The van der Waals surface area contributed by atoms with Gasteiger partial charge in [0.1, 0.15) is 5.69 Å². The molecule has 2 aromatic rings. The third-order valence-corrected chi connectivity index (χ3v) is 6.14. The number of piperidine rings is 1. The van der Waals surface area contributed by atoms with Crippen LogP contribution in [0.2, 0.25) is 0 Å². The van der Waals surface area contributed by atoms with Crippen LogP contribution in [0, 0.1) is 0 Å². The van der Waals surface area contributed by atoms with Gasteiger partial charge in [0.2, 0.25) is 0 Å². The number of amides is 1. The molecule has 0 unspecified atom stereocenters. The third kappa shape index (κ3) is 3.68. The normalized spacial score (nSPS) is 20.9. The Balaban J connectivity index is 1.34. The van der Waals surface area contributed by atoms with E-state index in [9.17, 15) is 4.79 Å². The molecule has 1 aromatic heterocycles. The van der Waals surface area contributed by atoms with Crippen molar-refractivity contribution in [1.29, 1.82) is 0 Å². The fourth-order valence-corrected chi connectivity index (χ4v) is 4.69. The number of benzene rings is 1. The molecule has 0 radical (unpaired) electrons. The van der Waals surface area contributed by atoms with Gasteiger partial charge in [-0.3, -0.25) is 9.89 Å². The van der Waals surface area contributed by atoms with E-state index in [1.165, 1.54) is 31.2 Å². The van der Waals surface area contributed by atoms with Gasteiger partial charge >= 0.3 is 0 Å². The number of carbonyl (C=O) groups is 1. The highest BCUT2D eigenvalue weighted by Gasteiger charge is 2.37. The summed E-state index contributed by atoms with van der Waals surface area (Å²) in [6.45, 7) is 3.27. The Kier molecular flexibility index (Phi) is 5.07. The number of aromatic amines is 1. The van der Waals surface area contributed by atoms with E-state index in [1.54, 1.807) is 12.3 Å². The maximum atomic E-state index is 12.2. The molecular weight excluding hydrogens is 324 g/mol. The van der Waals surface area contributed by atoms with Crippen LogP contribution >= 0.6 is 0 Å². The summed E-state index contributed by atoms with van der Waals surface area (Å²) >= 11 is 0. The Morgan fingerprint density at radius 3 is 2.54 bits per heavy atom. The highest BCUT2D eigenvalue weighted by atomic mass is 16.2. The standard InChI is InChI=1S/C21H28N4O/c26-20(19-8-13-22-24-19)23-18-9-14-25(15-10-18)16-21(11-4-5-12-21)17-6-2-1-3-7-17/h1-3,6-8,13,18H,4-5,9-12,14-16H2,(H,22,24)(H,23,26). The first-order valence-electron chi connectivity index (χ1n) is 9.83. The Morgan fingerprint density at radius 2 is 1.88 bits per heavy atom. The zero-order chi connectivity index (χ0) is 17.8. The molecule has 0 atom stereocenters. The molecule has 4 rings (SSSR count). The van der Waals surface area contributed by atoms with Crippen LogP contribution in [-0.2, 0) is 5.41 Å². The molecule has 2 N–H and O–H groups in total. The molecule has 2 aliphatic rings. The number of likely N-dealkylation sites (tertiary alicyclic amines) is 1. The minimum Gasteiger partial charge on any atom is -0.348 e. The van der Waals surface area contributed by atoms with Gasteiger partial charge in [-0.15, -0.1) is 0 Å². The van der Waals surface area contributed by atoms with Gasteiger partial charge in [-0.05, 0) is 37.3 Å². The fraction of sp³-hybridized carbons (Fsp3) is 0.524. The first-order valence-corrected chi connectivity index (χ1v) is 9.83. The van der Waals surface area contributed by atoms with E-state index < -0.39 is 0 Å². The minimum absolute atomic E-state index is 0.0440. The Labute approximate surface area is 155 Å². The third-order valence-electron chi connectivity index (χ3n) is 6.14. The van der Waals surface area contributed by atoms with Gasteiger partial charge in [-0.1, -0.05) is 43.2 Å². The summed E-state index contributed by atoms with van der Waals surface area (Å²) in [7, 11) is 0. The van der Waals surface area contributed by atoms with Crippen molar-refractivity contribution in [1.82, 2.24) is 20.4 Å². The molecule has 1 aromatic carbocycles. The molecule has 0 bridgehead atoms. The number of aromatic nitrogens is 2. The van der Waals surface area contributed by atoms with Crippen molar-refractivity contribution >= 4 is 5.91 Å². The number of nitrogens with zero attached hydrogens (tertiary/aromatic N) is 2. The molecule has 1 aliphatic heterocycles. The molecule has 1 saturated carbocycles. The van der Waals surface area contributed by atoms with Crippen LogP contribution < -0.4 is 5.32 Å². The van der Waals surface area contributed by atoms with E-state index in [0.717, 1.165) is 32.5 Å². The van der Waals surface area contributed by atoms with E-state index in [-0.39, 0.29) is 11.9 Å². The van der Waals surface area contributed by atoms with Crippen molar-refractivity contribution in [3.8, 4) is 0 Å². The largest absolute Gasteiger partial charge is 0.348 e. The summed E-state index contributed by atoms with van der Waals surface area (Å²) in [5, 5.41) is 9.72. The van der Waals surface area contributed by atoms with Gasteiger partial charge in [0.15, 0.2) is 0 Å². The Morgan fingerprint density at radius 1 is 1.15 bits per heavy atom. The molecular formula is C21H28N4O. The van der Waals surface area contributed by atoms with Crippen molar-refractivity contribution in [2.75, 3.05) is 19.6 Å². The van der Waals surface area contributed by atoms with Crippen LogP contribution in [-0.4, -0.2) is 46.7 Å². The topological polar surface area (TPSA) is 61.0 Å². The highest BCUT2D eigenvalue weighted by Crippen LogP contribution is 2.42. The second-order valence-electron chi connectivity index (χ2n) is 7.85. The van der Waals surface area contributed by atoms with Crippen molar-refractivity contribution in [2.24, 2.45) is 0 Å². The first kappa shape index (κ1) is 17.3. The van der Waals surface area contributed by atoms with Crippen molar-refractivity contribution in [2.45, 2.75) is 50.0 Å². The average Bonchev–Trinajstić information content (AvgIpc) is 3.37. The van der Waals surface area contributed by atoms with Gasteiger partial charge in [0.25, 0.3) is 5.91 Å². The maximum Gasteiger partial charge on any atom is 0.269 e. The van der Waals surface area contributed by atoms with Crippen LogP contribution in [0.4, 0.5) is 0 Å². The lowest BCUT2D eigenvalue weighted by molar-refractivity contribution is 0.0896. The molecule has 5 heteroatoms. The van der Waals surface area contributed by atoms with Gasteiger partial charge in [-0.25, -0.2) is 0 Å². The second kappa shape index (κ2) is 7.62. The summed E-state index contributed by atoms with van der Waals surface area (Å²) in [6.07, 6.45) is 8.93. The van der Waals surface area contributed by atoms with Crippen LogP contribution in [0.5, 0.6) is 0 Å². The monoisotopic (exact) mass is 352 g/mol. The fourth-order valence-electron chi connectivity index (χ4n) is 4.69. The number of nitrogens with one attached hydrogen (secondary N) is 2. The van der Waals surface area contributed by atoms with Gasteiger partial charge < -0.3 is 10.2 Å². The molecule has 26 heavy (non-hydrogen) atoms. The number of carbonyl (C=O) groups excluding carboxylic acids is 1. The lowest BCUT2D eigenvalue weighted by atomic mass is 9.78. The lowest BCUT2D eigenvalue weighted by Crippen LogP contribution is -2.48. The van der Waals surface area contributed by atoms with E-state index in [0.29, 0.717) is 11.1 Å². The molecule has 1 saturated heterocycles. The van der Waals surface area contributed by atoms with E-state index in [1.807, 2.05) is 0 Å². The van der Waals surface area contributed by atoms with Gasteiger partial charge in [-0.2, -0.15) is 5.10 Å². The number of rotatable bonds is 5. The zero-order valence-electron chi connectivity index (χ0n) is 15.3. The van der Waals surface area contributed by atoms with Crippen molar-refractivity contribution < 1.29 is 4.79 Å². The molecule has 2 fully saturated rings. The zero-order valence-corrected chi connectivity index (χ0v) is 15.3. The summed E-state index contributed by atoms with van der Waals surface area (Å²) in [4.78, 5) is 14.8. The van der Waals surface area contributed by atoms with E-state index in [4.69, 9.17) is 0 Å². The van der Waals surface area contributed by atoms with Crippen LogP contribution in [0.1, 0.15) is 54.6 Å². The highest BCUT2D eigenvalue weighted by molar-refractivity contribution is 5.92. The molecule has 5 nitrogen and oxygen atoms in total.